The maximum atomic E-state index is 12.2. The van der Waals surface area contributed by atoms with Crippen molar-refractivity contribution in [2.75, 3.05) is 0 Å². The van der Waals surface area contributed by atoms with Gasteiger partial charge in [0.2, 0.25) is 0 Å². The Kier molecular flexibility index (Phi) is 4.40. The van der Waals surface area contributed by atoms with Crippen LogP contribution in [-0.2, 0) is 0 Å². The molecule has 0 aromatic heterocycles. The zero-order chi connectivity index (χ0) is 14.8. The fourth-order valence-electron chi connectivity index (χ4n) is 1.92. The summed E-state index contributed by atoms with van der Waals surface area (Å²) in [6, 6.07) is 13.2. The standard InChI is InChI=1S/C15H13F3OS/c1-10-4-2-3-5-13(10)14(19)11-6-8-12(9-7-11)20-15(16,17)18/h2-9,14,19H,1H3. The van der Waals surface area contributed by atoms with Gasteiger partial charge in [0, 0.05) is 4.90 Å². The minimum absolute atomic E-state index is 0.109. The van der Waals surface area contributed by atoms with E-state index in [4.69, 9.17) is 0 Å². The summed E-state index contributed by atoms with van der Waals surface area (Å²) in [6.45, 7) is 1.88. The maximum absolute atomic E-state index is 12.2. The Morgan fingerprint density at radius 1 is 1.00 bits per heavy atom. The minimum atomic E-state index is -4.30. The van der Waals surface area contributed by atoms with Gasteiger partial charge in [-0.05, 0) is 47.5 Å². The van der Waals surface area contributed by atoms with E-state index >= 15 is 0 Å². The molecule has 0 saturated heterocycles. The molecule has 0 spiro atoms. The molecule has 20 heavy (non-hydrogen) atoms. The van der Waals surface area contributed by atoms with Crippen molar-refractivity contribution in [1.82, 2.24) is 0 Å². The number of hydrogen-bond donors (Lipinski definition) is 1. The lowest BCUT2D eigenvalue weighted by atomic mass is 9.98. The number of alkyl halides is 3. The molecule has 0 amide bonds. The number of thioether (sulfide) groups is 1. The molecular weight excluding hydrogens is 285 g/mol. The third kappa shape index (κ3) is 3.77. The van der Waals surface area contributed by atoms with Gasteiger partial charge in [0.05, 0.1) is 0 Å². The summed E-state index contributed by atoms with van der Waals surface area (Å²) in [5.41, 5.74) is -2.03. The quantitative estimate of drug-likeness (QED) is 0.830. The fourth-order valence-corrected chi connectivity index (χ4v) is 2.46. The van der Waals surface area contributed by atoms with Gasteiger partial charge in [0.25, 0.3) is 0 Å². The van der Waals surface area contributed by atoms with Gasteiger partial charge in [-0.2, -0.15) is 13.2 Å². The summed E-state index contributed by atoms with van der Waals surface area (Å²) < 4.78 is 36.7. The molecule has 2 aromatic carbocycles. The molecule has 0 fully saturated rings. The van der Waals surface area contributed by atoms with Crippen LogP contribution < -0.4 is 0 Å². The highest BCUT2D eigenvalue weighted by atomic mass is 32.2. The third-order valence-electron chi connectivity index (χ3n) is 2.91. The van der Waals surface area contributed by atoms with Crippen molar-refractivity contribution in [1.29, 1.82) is 0 Å². The Morgan fingerprint density at radius 2 is 1.60 bits per heavy atom. The van der Waals surface area contributed by atoms with E-state index in [9.17, 15) is 18.3 Å². The topological polar surface area (TPSA) is 20.2 Å². The first kappa shape index (κ1) is 14.9. The molecule has 2 aromatic rings. The molecule has 1 unspecified atom stereocenters. The van der Waals surface area contributed by atoms with Crippen molar-refractivity contribution < 1.29 is 18.3 Å². The first-order chi connectivity index (χ1) is 9.37. The fraction of sp³-hybridized carbons (Fsp3) is 0.200. The van der Waals surface area contributed by atoms with Gasteiger partial charge in [0.1, 0.15) is 6.10 Å². The van der Waals surface area contributed by atoms with Crippen LogP contribution in [-0.4, -0.2) is 10.6 Å². The smallest absolute Gasteiger partial charge is 0.384 e. The molecule has 106 valence electrons. The van der Waals surface area contributed by atoms with E-state index in [0.717, 1.165) is 11.1 Å². The second-order valence-corrected chi connectivity index (χ2v) is 5.51. The third-order valence-corrected chi connectivity index (χ3v) is 3.65. The summed E-state index contributed by atoms with van der Waals surface area (Å²) in [4.78, 5) is 0.109. The van der Waals surface area contributed by atoms with Gasteiger partial charge < -0.3 is 5.11 Å². The number of benzene rings is 2. The summed E-state index contributed by atoms with van der Waals surface area (Å²) in [5, 5.41) is 10.3. The van der Waals surface area contributed by atoms with Crippen LogP contribution >= 0.6 is 11.8 Å². The lowest BCUT2D eigenvalue weighted by Gasteiger charge is -2.14. The average Bonchev–Trinajstić information content (AvgIpc) is 2.37. The Bertz CT molecular complexity index is 578. The van der Waals surface area contributed by atoms with Crippen LogP contribution in [0, 0.1) is 6.92 Å². The molecule has 2 rings (SSSR count). The van der Waals surface area contributed by atoms with Crippen LogP contribution in [0.2, 0.25) is 0 Å². The van der Waals surface area contributed by atoms with Crippen molar-refractivity contribution in [2.24, 2.45) is 0 Å². The van der Waals surface area contributed by atoms with E-state index in [2.05, 4.69) is 0 Å². The van der Waals surface area contributed by atoms with E-state index in [0.29, 0.717) is 5.56 Å². The SMILES string of the molecule is Cc1ccccc1C(O)c1ccc(SC(F)(F)F)cc1. The Morgan fingerprint density at radius 3 is 2.15 bits per heavy atom. The van der Waals surface area contributed by atoms with Gasteiger partial charge in [-0.15, -0.1) is 0 Å². The average molecular weight is 298 g/mol. The van der Waals surface area contributed by atoms with Crippen LogP contribution in [0.25, 0.3) is 0 Å². The van der Waals surface area contributed by atoms with Crippen LogP contribution in [0.3, 0.4) is 0 Å². The number of hydrogen-bond acceptors (Lipinski definition) is 2. The molecule has 0 bridgehead atoms. The van der Waals surface area contributed by atoms with Crippen molar-refractivity contribution >= 4 is 11.8 Å². The highest BCUT2D eigenvalue weighted by molar-refractivity contribution is 8.00. The molecule has 1 N–H and O–H groups in total. The molecule has 0 aliphatic rings. The summed E-state index contributed by atoms with van der Waals surface area (Å²) >= 11 is -0.162. The first-order valence-electron chi connectivity index (χ1n) is 5.96. The Labute approximate surface area is 119 Å². The number of rotatable bonds is 3. The van der Waals surface area contributed by atoms with Crippen molar-refractivity contribution in [3.63, 3.8) is 0 Å². The van der Waals surface area contributed by atoms with E-state index in [1.807, 2.05) is 25.1 Å². The monoisotopic (exact) mass is 298 g/mol. The molecule has 0 radical (unpaired) electrons. The molecule has 0 aliphatic heterocycles. The second-order valence-electron chi connectivity index (χ2n) is 4.38. The predicted molar refractivity (Wildman–Crippen MR) is 73.6 cm³/mol. The molecule has 5 heteroatoms. The van der Waals surface area contributed by atoms with E-state index in [-0.39, 0.29) is 16.7 Å². The van der Waals surface area contributed by atoms with Crippen molar-refractivity contribution in [3.8, 4) is 0 Å². The van der Waals surface area contributed by atoms with Gasteiger partial charge in [-0.25, -0.2) is 0 Å². The first-order valence-corrected chi connectivity index (χ1v) is 6.78. The normalized spacial score (nSPS) is 13.2. The zero-order valence-corrected chi connectivity index (χ0v) is 11.5. The van der Waals surface area contributed by atoms with Crippen molar-refractivity contribution in [2.45, 2.75) is 23.4 Å². The zero-order valence-electron chi connectivity index (χ0n) is 10.7. The molecular formula is C15H13F3OS. The molecule has 0 heterocycles. The van der Waals surface area contributed by atoms with Crippen LogP contribution in [0.1, 0.15) is 22.8 Å². The summed E-state index contributed by atoms with van der Waals surface area (Å²) in [5.74, 6) is 0. The van der Waals surface area contributed by atoms with Crippen LogP contribution in [0.5, 0.6) is 0 Å². The lowest BCUT2D eigenvalue weighted by Crippen LogP contribution is -2.02. The maximum Gasteiger partial charge on any atom is 0.446 e. The van der Waals surface area contributed by atoms with Gasteiger partial charge >= 0.3 is 5.51 Å². The molecule has 1 nitrogen and oxygen atoms in total. The van der Waals surface area contributed by atoms with Gasteiger partial charge in [-0.3, -0.25) is 0 Å². The second kappa shape index (κ2) is 5.89. The highest BCUT2D eigenvalue weighted by Crippen LogP contribution is 2.37. The Hall–Kier alpha value is -1.46. The molecule has 1 atom stereocenters. The highest BCUT2D eigenvalue weighted by Gasteiger charge is 2.29. The molecule has 0 aliphatic carbocycles. The van der Waals surface area contributed by atoms with Crippen LogP contribution in [0.4, 0.5) is 13.2 Å². The Balaban J connectivity index is 2.20. The van der Waals surface area contributed by atoms with E-state index < -0.39 is 11.6 Å². The number of aryl methyl sites for hydroxylation is 1. The largest absolute Gasteiger partial charge is 0.446 e. The summed E-state index contributed by atoms with van der Waals surface area (Å²) in [7, 11) is 0. The summed E-state index contributed by atoms with van der Waals surface area (Å²) in [6.07, 6.45) is -0.832. The number of aliphatic hydroxyl groups excluding tert-OH is 1. The van der Waals surface area contributed by atoms with Crippen LogP contribution in [0.15, 0.2) is 53.4 Å². The van der Waals surface area contributed by atoms with Gasteiger partial charge in [-0.1, -0.05) is 36.4 Å². The van der Waals surface area contributed by atoms with E-state index in [1.54, 1.807) is 6.07 Å². The predicted octanol–water partition coefficient (Wildman–Crippen LogP) is 4.69. The van der Waals surface area contributed by atoms with Crippen molar-refractivity contribution in [3.05, 3.63) is 65.2 Å². The minimum Gasteiger partial charge on any atom is -0.384 e. The molecule has 0 saturated carbocycles. The lowest BCUT2D eigenvalue weighted by molar-refractivity contribution is -0.0328. The van der Waals surface area contributed by atoms with E-state index in [1.165, 1.54) is 24.3 Å². The number of halogens is 3. The van der Waals surface area contributed by atoms with Gasteiger partial charge in [0.15, 0.2) is 0 Å². The number of aliphatic hydroxyl groups is 1.